The van der Waals surface area contributed by atoms with E-state index in [-0.39, 0.29) is 52.2 Å². The third kappa shape index (κ3) is 22.2. The van der Waals surface area contributed by atoms with Crippen molar-refractivity contribution in [3.8, 4) is 39.6 Å². The summed E-state index contributed by atoms with van der Waals surface area (Å²) < 4.78 is 75.3. The van der Waals surface area contributed by atoms with Crippen molar-refractivity contribution in [2.75, 3.05) is 35.3 Å². The van der Waals surface area contributed by atoms with E-state index in [1.807, 2.05) is 172 Å². The molecule has 10 N–H and O–H groups in total. The number of nitrogens with zero attached hydrogens (tertiary/aromatic N) is 6. The van der Waals surface area contributed by atoms with Crippen LogP contribution in [0.25, 0.3) is 39.6 Å². The summed E-state index contributed by atoms with van der Waals surface area (Å²) in [5.74, 6) is 0. The number of sulfonamides is 2. The van der Waals surface area contributed by atoms with Crippen LogP contribution in [0.5, 0.6) is 0 Å². The van der Waals surface area contributed by atoms with Gasteiger partial charge in [0.2, 0.25) is 20.0 Å². The summed E-state index contributed by atoms with van der Waals surface area (Å²) in [5, 5.41) is 41.6. The van der Waals surface area contributed by atoms with E-state index in [0.717, 1.165) is 90.4 Å². The SMILES string of the molecule is C.Cc1ccc(NC(=O)NCCCc2cc(-c3ccccc3)n(-c3ccc(S(N)(=O)=O)cc3)n2)cc1.Cc1ccc(NC(=O)NCCCc2cc(-c3ccccc3)n(-c3ccc(S(N)(=O)=O)cc3)n2)cc1.Cc1cccc(NC(=O)NCc2cc(C(C)(C)C)n(-c3ccc(S(C)(=O)=O)cc3)n2)c1. The van der Waals surface area contributed by atoms with Crippen molar-refractivity contribution >= 4 is 65.0 Å². The van der Waals surface area contributed by atoms with Crippen molar-refractivity contribution < 1.29 is 39.6 Å². The minimum absolute atomic E-state index is 0. The molecular weight excluding hydrogens is 1350 g/mol. The van der Waals surface area contributed by atoms with Crippen molar-refractivity contribution in [3.05, 3.63) is 264 Å². The number of nitrogens with one attached hydrogen (secondary N) is 6. The number of amides is 6. The molecule has 11 aromatic rings. The average Bonchev–Trinajstić information content (AvgIpc) is 1.64. The molecule has 0 radical (unpaired) electrons. The summed E-state index contributed by atoms with van der Waals surface area (Å²) in [5.41, 5.74) is 14.6. The molecule has 0 spiro atoms. The fraction of sp³-hybridized carbons (Fsp3) is 0.211. The van der Waals surface area contributed by atoms with E-state index in [9.17, 15) is 39.6 Å². The largest absolute Gasteiger partial charge is 0.338 e. The molecule has 0 unspecified atom stereocenters. The van der Waals surface area contributed by atoms with E-state index in [0.29, 0.717) is 44.5 Å². The van der Waals surface area contributed by atoms with E-state index in [1.54, 1.807) is 62.6 Å². The van der Waals surface area contributed by atoms with Crippen LogP contribution in [0.4, 0.5) is 31.4 Å². The number of hydrogen-bond acceptors (Lipinski definition) is 12. The lowest BCUT2D eigenvalue weighted by Crippen LogP contribution is -2.29. The molecule has 23 nitrogen and oxygen atoms in total. The lowest BCUT2D eigenvalue weighted by atomic mass is 9.91. The summed E-state index contributed by atoms with van der Waals surface area (Å²) in [7, 11) is -10.8. The van der Waals surface area contributed by atoms with Gasteiger partial charge in [-0.2, -0.15) is 15.3 Å². The van der Waals surface area contributed by atoms with Gasteiger partial charge in [0.05, 0.1) is 66.8 Å². The minimum Gasteiger partial charge on any atom is -0.338 e. The molecule has 532 valence electrons. The van der Waals surface area contributed by atoms with Gasteiger partial charge in [-0.05, 0) is 179 Å². The van der Waals surface area contributed by atoms with Gasteiger partial charge in [0.15, 0.2) is 9.84 Å². The number of primary sulfonamides is 2. The lowest BCUT2D eigenvalue weighted by molar-refractivity contribution is 0.251. The third-order valence-corrected chi connectivity index (χ3v) is 18.6. The van der Waals surface area contributed by atoms with Crippen molar-refractivity contribution in [2.24, 2.45) is 10.3 Å². The fourth-order valence-electron chi connectivity index (χ4n) is 10.4. The van der Waals surface area contributed by atoms with Gasteiger partial charge in [-0.15, -0.1) is 0 Å². The molecule has 0 aliphatic rings. The molecular formula is C76H86N14O9S3. The van der Waals surface area contributed by atoms with E-state index in [2.05, 4.69) is 57.8 Å². The van der Waals surface area contributed by atoms with E-state index in [1.165, 1.54) is 30.5 Å². The maximum absolute atomic E-state index is 12.3. The zero-order valence-corrected chi connectivity index (χ0v) is 59.5. The highest BCUT2D eigenvalue weighted by molar-refractivity contribution is 7.90. The molecule has 26 heteroatoms. The summed E-state index contributed by atoms with van der Waals surface area (Å²) in [6, 6.07) is 66.9. The number of hydrogen-bond donors (Lipinski definition) is 8. The molecule has 0 fully saturated rings. The first-order valence-electron chi connectivity index (χ1n) is 32.3. The predicted molar refractivity (Wildman–Crippen MR) is 403 cm³/mol. The maximum Gasteiger partial charge on any atom is 0.319 e. The molecule has 3 aromatic heterocycles. The smallest absolute Gasteiger partial charge is 0.319 e. The molecule has 0 bridgehead atoms. The number of urea groups is 3. The Morgan fingerprint density at radius 3 is 1.19 bits per heavy atom. The first-order valence-corrected chi connectivity index (χ1v) is 37.3. The normalized spacial score (nSPS) is 11.3. The first-order chi connectivity index (χ1) is 48.0. The van der Waals surface area contributed by atoms with Gasteiger partial charge < -0.3 is 31.9 Å². The highest BCUT2D eigenvalue weighted by atomic mass is 32.2. The predicted octanol–water partition coefficient (Wildman–Crippen LogP) is 13.3. The van der Waals surface area contributed by atoms with Crippen molar-refractivity contribution in [1.29, 1.82) is 0 Å². The third-order valence-electron chi connectivity index (χ3n) is 15.6. The Balaban J connectivity index is 0.000000194. The highest BCUT2D eigenvalue weighted by Gasteiger charge is 2.23. The topological polar surface area (TPSA) is 331 Å². The number of benzene rings is 8. The zero-order valence-electron chi connectivity index (χ0n) is 57.0. The van der Waals surface area contributed by atoms with Crippen LogP contribution in [0.15, 0.2) is 239 Å². The van der Waals surface area contributed by atoms with Gasteiger partial charge in [0, 0.05) is 58.6 Å². The second kappa shape index (κ2) is 34.4. The molecule has 102 heavy (non-hydrogen) atoms. The van der Waals surface area contributed by atoms with Crippen LogP contribution in [-0.2, 0) is 54.7 Å². The summed E-state index contributed by atoms with van der Waals surface area (Å²) in [6.07, 6.45) is 3.91. The second-order valence-corrected chi connectivity index (χ2v) is 30.1. The van der Waals surface area contributed by atoms with Crippen LogP contribution in [0, 0.1) is 20.8 Å². The Kier molecular flexibility index (Phi) is 25.8. The van der Waals surface area contributed by atoms with Gasteiger partial charge in [-0.3, -0.25) is 0 Å². The molecule has 0 aliphatic heterocycles. The number of carbonyl (C=O) groups excluding carboxylic acids is 3. The van der Waals surface area contributed by atoms with Gasteiger partial charge in [-0.25, -0.2) is 64.0 Å². The molecule has 0 saturated heterocycles. The lowest BCUT2D eigenvalue weighted by Gasteiger charge is -2.20. The van der Waals surface area contributed by atoms with Crippen LogP contribution in [0.3, 0.4) is 0 Å². The summed E-state index contributed by atoms with van der Waals surface area (Å²) >= 11 is 0. The van der Waals surface area contributed by atoms with E-state index >= 15 is 0 Å². The Morgan fingerprint density at radius 2 is 0.794 bits per heavy atom. The van der Waals surface area contributed by atoms with Crippen LogP contribution in [0.1, 0.15) is 80.5 Å². The quantitative estimate of drug-likeness (QED) is 0.0311. The number of aromatic nitrogens is 6. The van der Waals surface area contributed by atoms with E-state index in [4.69, 9.17) is 20.5 Å². The van der Waals surface area contributed by atoms with Gasteiger partial charge in [-0.1, -0.05) is 136 Å². The first kappa shape index (κ1) is 76.7. The Bertz CT molecular complexity index is 4770. The fourth-order valence-corrected chi connectivity index (χ4v) is 12.1. The molecule has 3 heterocycles. The number of sulfone groups is 1. The number of carbonyl (C=O) groups is 3. The maximum atomic E-state index is 12.3. The standard InChI is InChI=1S/2C26H27N5O3S.C23H28N4O3S.CH4/c2*1-19-9-11-21(12-10-19)29-26(32)28-17-5-8-22-18-25(20-6-3-2-4-7-20)31(30-22)23-13-15-24(16-14-23)35(27,33)34;1-16-7-6-8-17(13-16)25-22(28)24-15-18-14-21(23(2,3)4)27(26-18)19-9-11-20(12-10-19)31(5,29)30;/h2*2-4,6-7,9-16,18H,5,8,17H2,1H3,(H2,27,33,34)(H2,28,29,32);6-14H,15H2,1-5H3,(H2,24,25,28);1H4. The number of rotatable bonds is 21. The van der Waals surface area contributed by atoms with Gasteiger partial charge in [0.1, 0.15) is 0 Å². The number of nitrogens with two attached hydrogens (primary N) is 2. The number of aryl methyl sites for hydroxylation is 5. The van der Waals surface area contributed by atoms with Crippen molar-refractivity contribution in [3.63, 3.8) is 0 Å². The molecule has 0 saturated carbocycles. The molecule has 0 atom stereocenters. The summed E-state index contributed by atoms with van der Waals surface area (Å²) in [4.78, 5) is 36.9. The van der Waals surface area contributed by atoms with Gasteiger partial charge >= 0.3 is 18.1 Å². The second-order valence-electron chi connectivity index (χ2n) is 25.0. The van der Waals surface area contributed by atoms with E-state index < -0.39 is 29.9 Å². The summed E-state index contributed by atoms with van der Waals surface area (Å²) in [6.45, 7) is 13.4. The monoisotopic (exact) mass is 1430 g/mol. The molecule has 0 aliphatic carbocycles. The Labute approximate surface area is 596 Å². The molecule has 11 rings (SSSR count). The van der Waals surface area contributed by atoms with Gasteiger partial charge in [0.25, 0.3) is 0 Å². The Morgan fingerprint density at radius 1 is 0.412 bits per heavy atom. The minimum atomic E-state index is -3.77. The van der Waals surface area contributed by atoms with Crippen molar-refractivity contribution in [1.82, 2.24) is 45.3 Å². The van der Waals surface area contributed by atoms with Crippen LogP contribution in [-0.4, -0.2) is 92.0 Å². The van der Waals surface area contributed by atoms with Crippen LogP contribution in [0.2, 0.25) is 0 Å². The number of anilines is 3. The van der Waals surface area contributed by atoms with Crippen LogP contribution < -0.4 is 42.2 Å². The van der Waals surface area contributed by atoms with Crippen molar-refractivity contribution in [2.45, 2.75) is 101 Å². The van der Waals surface area contributed by atoms with Crippen LogP contribution >= 0.6 is 0 Å². The average molecular weight is 1440 g/mol. The zero-order chi connectivity index (χ0) is 72.5. The molecule has 6 amide bonds. The Hall–Kier alpha value is -11.0. The highest BCUT2D eigenvalue weighted by Crippen LogP contribution is 2.30. The molecule has 8 aromatic carbocycles.